The zero-order chi connectivity index (χ0) is 102. The molecule has 5 heterocycles. The van der Waals surface area contributed by atoms with E-state index >= 15 is 0 Å². The molecule has 0 saturated carbocycles. The van der Waals surface area contributed by atoms with Gasteiger partial charge in [0.05, 0.1) is 49.8 Å². The van der Waals surface area contributed by atoms with Gasteiger partial charge in [0.25, 0.3) is 5.91 Å². The van der Waals surface area contributed by atoms with Gasteiger partial charge in [0, 0.05) is 13.1 Å². The minimum absolute atomic E-state index is 0.125. The van der Waals surface area contributed by atoms with Crippen molar-refractivity contribution in [3.63, 3.8) is 0 Å². The zero-order valence-corrected chi connectivity index (χ0v) is 80.3. The molecule has 0 radical (unpaired) electrons. The second-order valence-corrected chi connectivity index (χ2v) is 35.4. The molecule has 5 fully saturated rings. The maximum absolute atomic E-state index is 13.2. The van der Waals surface area contributed by atoms with Gasteiger partial charge in [-0.3, -0.25) is 82.2 Å². The molecule has 25 nitrogen and oxygen atoms in total. The molecule has 15 aromatic carbocycles. The largest absolute Gasteiger partial charge is 0.338 e. The quantitative estimate of drug-likeness (QED) is 0.0432. The fourth-order valence-corrected chi connectivity index (χ4v) is 17.9. The van der Waals surface area contributed by atoms with Gasteiger partial charge in [-0.25, -0.2) is 38.7 Å². The fourth-order valence-electron chi connectivity index (χ4n) is 17.9. The molecule has 25 heteroatoms. The van der Waals surface area contributed by atoms with Crippen LogP contribution in [0.25, 0.3) is 0 Å². The Morgan fingerprint density at radius 3 is 0.578 bits per heavy atom. The van der Waals surface area contributed by atoms with Crippen molar-refractivity contribution in [3.8, 4) is 0 Å². The van der Waals surface area contributed by atoms with Crippen molar-refractivity contribution < 1.29 is 71.9 Å². The van der Waals surface area contributed by atoms with Crippen LogP contribution in [-0.4, -0.2) is 137 Å². The van der Waals surface area contributed by atoms with E-state index in [0.717, 1.165) is 70.3 Å². The van der Waals surface area contributed by atoms with E-state index < -0.39 is 119 Å². The van der Waals surface area contributed by atoms with E-state index in [0.29, 0.717) is 41.0 Å². The highest BCUT2D eigenvalue weighted by Crippen LogP contribution is 2.36. The molecule has 5 aliphatic heterocycles. The van der Waals surface area contributed by atoms with E-state index in [1.165, 1.54) is 34.3 Å². The number of nitrogens with zero attached hydrogens (tertiary/aromatic N) is 10. The Morgan fingerprint density at radius 1 is 0.150 bits per heavy atom. The molecule has 0 aromatic heterocycles. The van der Waals surface area contributed by atoms with Gasteiger partial charge in [-0.15, -0.1) is 0 Å². The summed E-state index contributed by atoms with van der Waals surface area (Å²) in [5, 5.41) is 0. The molecule has 732 valence electrons. The monoisotopic (exact) mass is 1950 g/mol. The third-order valence-electron chi connectivity index (χ3n) is 25.5. The molecule has 20 amide bonds. The second kappa shape index (κ2) is 49.2. The van der Waals surface area contributed by atoms with Gasteiger partial charge in [-0.2, -0.15) is 0 Å². The number of carbonyl (C=O) groups excluding carboxylic acids is 15. The van der Waals surface area contributed by atoms with Gasteiger partial charge < -0.3 is 0 Å². The van der Waals surface area contributed by atoms with Gasteiger partial charge in [0.1, 0.15) is 29.6 Å². The predicted molar refractivity (Wildman–Crippen MR) is 557 cm³/mol. The maximum Gasteiger partial charge on any atom is 0.338 e. The summed E-state index contributed by atoms with van der Waals surface area (Å²) in [6, 6.07) is 135. The summed E-state index contributed by atoms with van der Waals surface area (Å²) in [6.07, 6.45) is 1.84. The first-order valence-electron chi connectivity index (χ1n) is 48.3. The summed E-state index contributed by atoms with van der Waals surface area (Å²) in [5.74, 6) is -9.57. The maximum atomic E-state index is 13.2. The van der Waals surface area contributed by atoms with Crippen molar-refractivity contribution in [2.75, 3.05) is 27.8 Å². The smallest absolute Gasteiger partial charge is 0.273 e. The van der Waals surface area contributed by atoms with Crippen LogP contribution < -0.4 is 14.7 Å². The minimum Gasteiger partial charge on any atom is -0.273 e. The van der Waals surface area contributed by atoms with Crippen LogP contribution in [0.2, 0.25) is 0 Å². The van der Waals surface area contributed by atoms with Crippen LogP contribution in [0.5, 0.6) is 0 Å². The number of barbiturate groups is 5. The lowest BCUT2D eigenvalue weighted by Gasteiger charge is -2.37. The van der Waals surface area contributed by atoms with Crippen LogP contribution in [0, 0.1) is 17.8 Å². The number of hydrogen-bond acceptors (Lipinski definition) is 15. The number of amides is 20. The standard InChI is InChI=1S/2C25H22N2O3.3C24H20N2O3/c28-23-22(16-19-10-4-1-5-11-19)24(29)27(18-21-14-8-3-9-15-21)25(30)26(23)17-20-12-6-2-7-13-20;28-23-22(18-20-12-6-2-7-13-20)24(29)27(21-14-8-3-9-15-21)25(30)26(23)17-16-19-10-4-1-5-11-19;27-22-21(20-14-8-3-9-15-20)23(28)26(17-19-12-6-2-7-13-19)24(29)25(22)16-18-10-4-1-5-11-18;27-22-21(16-18-10-4-1-5-11-18)23(28)26(20-14-8-3-9-15-20)24(29)25(22)17-19-12-6-2-7-13-19;27-22-21(19-12-6-2-7-13-19)23(28)26(20-14-8-3-9-15-20)24(29)25(22)17-16-18-10-4-1-5-11-18/h2*1-15,22H,16-18H2;3*1-15,21H,16-17H2. The average molecular weight is 1950 g/mol. The van der Waals surface area contributed by atoms with Crippen LogP contribution in [-0.2, 0) is 113 Å². The van der Waals surface area contributed by atoms with E-state index in [-0.39, 0.29) is 65.1 Å². The van der Waals surface area contributed by atoms with Crippen molar-refractivity contribution in [2.24, 2.45) is 17.8 Å². The van der Waals surface area contributed by atoms with E-state index in [1.807, 2.05) is 334 Å². The van der Waals surface area contributed by atoms with Crippen LogP contribution in [0.15, 0.2) is 455 Å². The molecule has 0 aliphatic carbocycles. The first-order valence-corrected chi connectivity index (χ1v) is 48.3. The Kier molecular flexibility index (Phi) is 33.9. The average Bonchev–Trinajstić information content (AvgIpc) is 0.800. The normalized spacial score (nSPS) is 16.2. The highest BCUT2D eigenvalue weighted by atomic mass is 16.2. The zero-order valence-electron chi connectivity index (χ0n) is 80.3. The molecule has 0 spiro atoms. The Balaban J connectivity index is 0.000000131. The topological polar surface area (TPSA) is 288 Å². The lowest BCUT2D eigenvalue weighted by Crippen LogP contribution is -2.60. The molecule has 147 heavy (non-hydrogen) atoms. The Bertz CT molecular complexity index is 6610. The van der Waals surface area contributed by atoms with Crippen LogP contribution in [0.4, 0.5) is 41.0 Å². The third kappa shape index (κ3) is 24.9. The van der Waals surface area contributed by atoms with Crippen LogP contribution in [0.3, 0.4) is 0 Å². The van der Waals surface area contributed by atoms with Gasteiger partial charge in [0.2, 0.25) is 53.2 Å². The van der Waals surface area contributed by atoms with Crippen molar-refractivity contribution in [3.05, 3.63) is 522 Å². The number of benzene rings is 15. The molecule has 0 N–H and O–H groups in total. The molecule has 0 bridgehead atoms. The van der Waals surface area contributed by atoms with Crippen molar-refractivity contribution in [2.45, 2.75) is 76.7 Å². The van der Waals surface area contributed by atoms with E-state index in [1.54, 1.807) is 121 Å². The van der Waals surface area contributed by atoms with Gasteiger partial charge in [-0.05, 0) is 135 Å². The minimum atomic E-state index is -1.04. The Labute approximate surface area is 851 Å². The first-order chi connectivity index (χ1) is 71.7. The predicted octanol–water partition coefficient (Wildman–Crippen LogP) is 20.1. The Morgan fingerprint density at radius 2 is 0.320 bits per heavy atom. The summed E-state index contributed by atoms with van der Waals surface area (Å²) in [4.78, 5) is 210. The van der Waals surface area contributed by atoms with Crippen molar-refractivity contribution >= 4 is 106 Å². The molecule has 20 rings (SSSR count). The summed E-state index contributed by atoms with van der Waals surface area (Å²) >= 11 is 0. The number of hydrogen-bond donors (Lipinski definition) is 0. The van der Waals surface area contributed by atoms with E-state index in [9.17, 15) is 71.9 Å². The van der Waals surface area contributed by atoms with Crippen molar-refractivity contribution in [1.82, 2.24) is 34.3 Å². The second-order valence-electron chi connectivity index (χ2n) is 35.4. The molecule has 5 saturated heterocycles. The summed E-state index contributed by atoms with van der Waals surface area (Å²) in [6.45, 7) is 1.09. The van der Waals surface area contributed by atoms with Gasteiger partial charge in [0.15, 0.2) is 0 Å². The van der Waals surface area contributed by atoms with Gasteiger partial charge >= 0.3 is 30.2 Å². The Hall–Kier alpha value is -18.7. The number of anilines is 3. The molecule has 3 atom stereocenters. The van der Waals surface area contributed by atoms with Crippen molar-refractivity contribution in [1.29, 1.82) is 0 Å². The lowest BCUT2D eigenvalue weighted by atomic mass is 9.93. The highest BCUT2D eigenvalue weighted by molar-refractivity contribution is 6.31. The van der Waals surface area contributed by atoms with Gasteiger partial charge in [-0.1, -0.05) is 419 Å². The molecule has 15 aromatic rings. The van der Waals surface area contributed by atoms with Crippen LogP contribution in [0.1, 0.15) is 78.6 Å². The summed E-state index contributed by atoms with van der Waals surface area (Å²) in [7, 11) is 0. The number of carbonyl (C=O) groups is 15. The number of imide groups is 10. The number of urea groups is 5. The molecular formula is C122H104N10O15. The summed E-state index contributed by atoms with van der Waals surface area (Å²) < 4.78 is 0. The van der Waals surface area contributed by atoms with E-state index in [4.69, 9.17) is 0 Å². The van der Waals surface area contributed by atoms with Crippen LogP contribution >= 0.6 is 0 Å². The summed E-state index contributed by atoms with van der Waals surface area (Å²) in [5.41, 5.74) is 11.4. The third-order valence-corrected chi connectivity index (χ3v) is 25.5. The molecule has 3 unspecified atom stereocenters. The molecular weight excluding hydrogens is 1850 g/mol. The fraction of sp³-hybridized carbons (Fsp3) is 0.139. The number of para-hydroxylation sites is 3. The SMILES string of the molecule is O=C1C(Cc2ccccc2)C(=O)N(Cc2ccccc2)C(=O)N1Cc1ccccc1.O=C1C(Cc2ccccc2)C(=O)N(c2ccccc2)C(=O)N1CCc1ccccc1.O=C1C(Cc2ccccc2)C(=O)N(c2ccccc2)C(=O)N1Cc1ccccc1.O=C1C(c2ccccc2)C(=O)N(Cc2ccccc2)C(=O)N1Cc1ccccc1.O=C1C(c2ccccc2)C(=O)N(c2ccccc2)C(=O)N1CCc1ccccc1. The highest BCUT2D eigenvalue weighted by Gasteiger charge is 2.52. The lowest BCUT2D eigenvalue weighted by molar-refractivity contribution is -0.151. The number of rotatable bonds is 27. The molecule has 5 aliphatic rings. The first kappa shape index (κ1) is 101. The van der Waals surface area contributed by atoms with E-state index in [2.05, 4.69) is 0 Å².